The van der Waals surface area contributed by atoms with Crippen molar-refractivity contribution in [3.05, 3.63) is 35.0 Å². The maximum absolute atomic E-state index is 6.21. The zero-order valence-corrected chi connectivity index (χ0v) is 9.88. The van der Waals surface area contributed by atoms with Crippen LogP contribution in [0, 0.1) is 6.92 Å². The van der Waals surface area contributed by atoms with Gasteiger partial charge in [0, 0.05) is 28.2 Å². The number of nitrogen functional groups attached to an aromatic ring is 1. The highest BCUT2D eigenvalue weighted by Crippen LogP contribution is 2.32. The van der Waals surface area contributed by atoms with E-state index in [0.29, 0.717) is 16.6 Å². The summed E-state index contributed by atoms with van der Waals surface area (Å²) in [4.78, 5) is 3.25. The minimum atomic E-state index is 0.346. The molecular formula is C12H10ClN3O. The zero-order chi connectivity index (χ0) is 12.0. The van der Waals surface area contributed by atoms with E-state index in [0.717, 1.165) is 22.2 Å². The van der Waals surface area contributed by atoms with Crippen LogP contribution in [0.5, 0.6) is 0 Å². The van der Waals surface area contributed by atoms with Crippen LogP contribution in [0.15, 0.2) is 28.8 Å². The molecule has 2 aromatic heterocycles. The van der Waals surface area contributed by atoms with Crippen molar-refractivity contribution in [1.29, 1.82) is 0 Å². The fourth-order valence-electron chi connectivity index (χ4n) is 1.90. The van der Waals surface area contributed by atoms with Crippen LogP contribution >= 0.6 is 11.6 Å². The molecule has 17 heavy (non-hydrogen) atoms. The summed E-state index contributed by atoms with van der Waals surface area (Å²) in [7, 11) is 0. The van der Waals surface area contributed by atoms with E-state index in [4.69, 9.17) is 21.9 Å². The van der Waals surface area contributed by atoms with Crippen LogP contribution in [-0.4, -0.2) is 10.1 Å². The average Bonchev–Trinajstić information content (AvgIpc) is 2.82. The molecule has 86 valence electrons. The Morgan fingerprint density at radius 1 is 1.29 bits per heavy atom. The molecule has 0 saturated carbocycles. The van der Waals surface area contributed by atoms with Crippen LogP contribution in [-0.2, 0) is 0 Å². The fourth-order valence-corrected chi connectivity index (χ4v) is 2.17. The molecule has 5 heteroatoms. The molecule has 0 atom stereocenters. The van der Waals surface area contributed by atoms with Crippen molar-refractivity contribution in [2.24, 2.45) is 0 Å². The summed E-state index contributed by atoms with van der Waals surface area (Å²) in [6.45, 7) is 2.00. The number of benzene rings is 1. The lowest BCUT2D eigenvalue weighted by atomic mass is 10.1. The molecule has 2 heterocycles. The Bertz CT molecular complexity index is 699. The molecule has 0 unspecified atom stereocenters. The van der Waals surface area contributed by atoms with Crippen molar-refractivity contribution in [1.82, 2.24) is 10.1 Å². The first-order chi connectivity index (χ1) is 8.13. The highest BCUT2D eigenvalue weighted by molar-refractivity contribution is 6.34. The van der Waals surface area contributed by atoms with Gasteiger partial charge in [-0.15, -0.1) is 0 Å². The number of hydrogen-bond acceptors (Lipinski definition) is 3. The van der Waals surface area contributed by atoms with Gasteiger partial charge in [-0.1, -0.05) is 16.8 Å². The summed E-state index contributed by atoms with van der Waals surface area (Å²) in [5.41, 5.74) is 8.41. The summed E-state index contributed by atoms with van der Waals surface area (Å²) >= 11 is 6.21. The van der Waals surface area contributed by atoms with Gasteiger partial charge in [-0.2, -0.15) is 0 Å². The summed E-state index contributed by atoms with van der Waals surface area (Å²) in [6.07, 6.45) is 0. The summed E-state index contributed by atoms with van der Waals surface area (Å²) in [6, 6.07) is 7.53. The minimum absolute atomic E-state index is 0.346. The molecule has 3 rings (SSSR count). The number of anilines is 1. The SMILES string of the molecule is Cc1cc2cc(Cl)c(-c3cc(N)no3)cc2[nH]1. The van der Waals surface area contributed by atoms with E-state index in [1.807, 2.05) is 25.1 Å². The Labute approximate surface area is 102 Å². The first kappa shape index (κ1) is 10.2. The van der Waals surface area contributed by atoms with Crippen molar-refractivity contribution in [2.45, 2.75) is 6.92 Å². The molecule has 0 fully saturated rings. The largest absolute Gasteiger partial charge is 0.381 e. The van der Waals surface area contributed by atoms with E-state index in [1.54, 1.807) is 6.07 Å². The van der Waals surface area contributed by atoms with E-state index in [2.05, 4.69) is 10.1 Å². The standard InChI is InChI=1S/C12H10ClN3O/c1-6-2-7-3-9(13)8(4-10(7)15-6)11-5-12(14)16-17-11/h2-5,15H,1H3,(H2,14,16). The van der Waals surface area contributed by atoms with Gasteiger partial charge in [0.2, 0.25) is 0 Å². The summed E-state index contributed by atoms with van der Waals surface area (Å²) in [5.74, 6) is 0.917. The molecule has 0 amide bonds. The van der Waals surface area contributed by atoms with Gasteiger partial charge in [0.05, 0.1) is 5.02 Å². The second kappa shape index (κ2) is 3.53. The van der Waals surface area contributed by atoms with E-state index in [1.165, 1.54) is 0 Å². The molecule has 3 aromatic rings. The first-order valence-electron chi connectivity index (χ1n) is 5.15. The zero-order valence-electron chi connectivity index (χ0n) is 9.12. The Morgan fingerprint density at radius 3 is 2.82 bits per heavy atom. The van der Waals surface area contributed by atoms with E-state index in [-0.39, 0.29) is 0 Å². The maximum atomic E-state index is 6.21. The predicted molar refractivity (Wildman–Crippen MR) is 68.0 cm³/mol. The number of aromatic nitrogens is 2. The Morgan fingerprint density at radius 2 is 2.12 bits per heavy atom. The maximum Gasteiger partial charge on any atom is 0.170 e. The van der Waals surface area contributed by atoms with Gasteiger partial charge < -0.3 is 15.2 Å². The molecule has 1 aromatic carbocycles. The highest BCUT2D eigenvalue weighted by Gasteiger charge is 2.11. The van der Waals surface area contributed by atoms with Crippen molar-refractivity contribution >= 4 is 28.3 Å². The Hall–Kier alpha value is -1.94. The molecule has 0 aliphatic carbocycles. The Balaban J connectivity index is 2.25. The number of halogens is 1. The van der Waals surface area contributed by atoms with Gasteiger partial charge in [0.25, 0.3) is 0 Å². The number of aromatic amines is 1. The van der Waals surface area contributed by atoms with Crippen LogP contribution < -0.4 is 5.73 Å². The number of nitrogens with two attached hydrogens (primary N) is 1. The topological polar surface area (TPSA) is 67.8 Å². The van der Waals surface area contributed by atoms with Crippen LogP contribution in [0.4, 0.5) is 5.82 Å². The van der Waals surface area contributed by atoms with Crippen LogP contribution in [0.3, 0.4) is 0 Å². The molecule has 3 N–H and O–H groups in total. The molecule has 0 aliphatic rings. The number of rotatable bonds is 1. The second-order valence-corrected chi connectivity index (χ2v) is 4.39. The lowest BCUT2D eigenvalue weighted by Crippen LogP contribution is -1.80. The molecule has 0 aliphatic heterocycles. The first-order valence-corrected chi connectivity index (χ1v) is 5.53. The van der Waals surface area contributed by atoms with Crippen molar-refractivity contribution in [2.75, 3.05) is 5.73 Å². The van der Waals surface area contributed by atoms with Gasteiger partial charge in [-0.05, 0) is 25.1 Å². The normalized spacial score (nSPS) is 11.2. The van der Waals surface area contributed by atoms with Gasteiger partial charge in [0.15, 0.2) is 11.6 Å². The third kappa shape index (κ3) is 1.66. The number of H-pyrrole nitrogens is 1. The number of nitrogens with one attached hydrogen (secondary N) is 1. The number of nitrogens with zero attached hydrogens (tertiary/aromatic N) is 1. The van der Waals surface area contributed by atoms with Crippen LogP contribution in [0.2, 0.25) is 5.02 Å². The fraction of sp³-hybridized carbons (Fsp3) is 0.0833. The lowest BCUT2D eigenvalue weighted by molar-refractivity contribution is 0.436. The molecule has 0 saturated heterocycles. The van der Waals surface area contributed by atoms with Crippen LogP contribution in [0.1, 0.15) is 5.69 Å². The van der Waals surface area contributed by atoms with Gasteiger partial charge >= 0.3 is 0 Å². The predicted octanol–water partition coefficient (Wildman–Crippen LogP) is 3.37. The average molecular weight is 248 g/mol. The number of fused-ring (bicyclic) bond motifs is 1. The lowest BCUT2D eigenvalue weighted by Gasteiger charge is -2.00. The van der Waals surface area contributed by atoms with E-state index < -0.39 is 0 Å². The minimum Gasteiger partial charge on any atom is -0.381 e. The molecule has 0 bridgehead atoms. The van der Waals surface area contributed by atoms with Gasteiger partial charge in [0.1, 0.15) is 0 Å². The summed E-state index contributed by atoms with van der Waals surface area (Å²) < 4.78 is 5.11. The van der Waals surface area contributed by atoms with Crippen molar-refractivity contribution in [3.63, 3.8) is 0 Å². The third-order valence-corrected chi connectivity index (χ3v) is 2.95. The highest BCUT2D eigenvalue weighted by atomic mass is 35.5. The Kier molecular flexibility index (Phi) is 2.12. The van der Waals surface area contributed by atoms with Gasteiger partial charge in [-0.3, -0.25) is 0 Å². The van der Waals surface area contributed by atoms with Gasteiger partial charge in [-0.25, -0.2) is 0 Å². The van der Waals surface area contributed by atoms with E-state index >= 15 is 0 Å². The monoisotopic (exact) mass is 247 g/mol. The quantitative estimate of drug-likeness (QED) is 0.693. The summed E-state index contributed by atoms with van der Waals surface area (Å²) in [5, 5.41) is 5.34. The van der Waals surface area contributed by atoms with E-state index in [9.17, 15) is 0 Å². The molecule has 0 spiro atoms. The van der Waals surface area contributed by atoms with Crippen molar-refractivity contribution in [3.8, 4) is 11.3 Å². The second-order valence-electron chi connectivity index (χ2n) is 3.99. The number of aryl methyl sites for hydroxylation is 1. The number of hydrogen-bond donors (Lipinski definition) is 2. The molecule has 0 radical (unpaired) electrons. The van der Waals surface area contributed by atoms with Crippen LogP contribution in [0.25, 0.3) is 22.2 Å². The molecular weight excluding hydrogens is 238 g/mol. The smallest absolute Gasteiger partial charge is 0.170 e. The van der Waals surface area contributed by atoms with Crippen molar-refractivity contribution < 1.29 is 4.52 Å². The third-order valence-electron chi connectivity index (χ3n) is 2.64. The molecule has 4 nitrogen and oxygen atoms in total.